The molecule has 0 bridgehead atoms. The van der Waals surface area contributed by atoms with Crippen molar-refractivity contribution in [3.8, 4) is 0 Å². The van der Waals surface area contributed by atoms with Crippen molar-refractivity contribution in [1.82, 2.24) is 4.72 Å². The number of sulfonamides is 1. The number of nitrogens with one attached hydrogen (secondary N) is 2. The number of quaternary nitrogens is 1. The average molecular weight is 428 g/mol. The summed E-state index contributed by atoms with van der Waals surface area (Å²) in [5, 5.41) is 11.6. The van der Waals surface area contributed by atoms with Crippen molar-refractivity contribution in [2.45, 2.75) is 37.0 Å². The molecule has 3 rings (SSSR count). The minimum absolute atomic E-state index is 0.0542. The number of rotatable bonds is 8. The van der Waals surface area contributed by atoms with Gasteiger partial charge in [0.25, 0.3) is 5.69 Å². The van der Waals surface area contributed by atoms with E-state index in [2.05, 4.69) is 4.72 Å². The maximum absolute atomic E-state index is 12.6. The van der Waals surface area contributed by atoms with E-state index in [0.29, 0.717) is 18.7 Å². The highest BCUT2D eigenvalue weighted by molar-refractivity contribution is 7.89. The fourth-order valence-corrected chi connectivity index (χ4v) is 5.03. The average Bonchev–Trinajstić information content (AvgIpc) is 3.01. The Bertz CT molecular complexity index is 788. The number of anilines is 1. The summed E-state index contributed by atoms with van der Waals surface area (Å²) in [6.07, 6.45) is 4.93. The zero-order chi connectivity index (χ0) is 20.7. The van der Waals surface area contributed by atoms with Crippen molar-refractivity contribution in [3.05, 3.63) is 28.3 Å². The number of benzene rings is 1. The van der Waals surface area contributed by atoms with Gasteiger partial charge in [-0.2, -0.15) is 0 Å². The molecule has 29 heavy (non-hydrogen) atoms. The maximum atomic E-state index is 12.6. The van der Waals surface area contributed by atoms with Crippen LogP contribution in [-0.4, -0.2) is 65.8 Å². The van der Waals surface area contributed by atoms with Crippen LogP contribution < -0.4 is 14.5 Å². The Morgan fingerprint density at radius 3 is 2.48 bits per heavy atom. The Kier molecular flexibility index (Phi) is 7.82. The molecular formula is C19H31N4O5S+. The lowest BCUT2D eigenvalue weighted by atomic mass is 10.2. The minimum Gasteiger partial charge on any atom is -0.370 e. The highest BCUT2D eigenvalue weighted by Crippen LogP contribution is 2.32. The first kappa shape index (κ1) is 21.9. The highest BCUT2D eigenvalue weighted by atomic mass is 32.2. The maximum Gasteiger partial charge on any atom is 0.293 e. The van der Waals surface area contributed by atoms with Crippen LogP contribution in [0.1, 0.15) is 32.1 Å². The van der Waals surface area contributed by atoms with Crippen LogP contribution in [0.3, 0.4) is 0 Å². The van der Waals surface area contributed by atoms with Crippen molar-refractivity contribution in [2.24, 2.45) is 0 Å². The summed E-state index contributed by atoms with van der Waals surface area (Å²) in [5.74, 6) is 0. The van der Waals surface area contributed by atoms with Crippen LogP contribution in [0.5, 0.6) is 0 Å². The second-order valence-corrected chi connectivity index (χ2v) is 9.44. The Morgan fingerprint density at radius 1 is 1.14 bits per heavy atom. The summed E-state index contributed by atoms with van der Waals surface area (Å²) < 4.78 is 33.2. The van der Waals surface area contributed by atoms with Gasteiger partial charge in [0.2, 0.25) is 10.0 Å². The van der Waals surface area contributed by atoms with Crippen LogP contribution in [0.4, 0.5) is 11.4 Å². The number of ether oxygens (including phenoxy) is 1. The number of nitro groups is 1. The summed E-state index contributed by atoms with van der Waals surface area (Å²) in [6.45, 7) is 6.08. The SMILES string of the molecule is O=[N+]([O-])c1cc(S(=O)(=O)NCCC[NH+]2CCOCC2)ccc1N1CCCCCC1. The molecule has 0 spiro atoms. The molecule has 10 heteroatoms. The third kappa shape index (κ3) is 6.11. The molecule has 0 saturated carbocycles. The van der Waals surface area contributed by atoms with E-state index in [1.807, 2.05) is 4.90 Å². The lowest BCUT2D eigenvalue weighted by molar-refractivity contribution is -0.908. The molecule has 2 saturated heterocycles. The van der Waals surface area contributed by atoms with Gasteiger partial charge >= 0.3 is 0 Å². The fourth-order valence-electron chi connectivity index (χ4n) is 3.93. The van der Waals surface area contributed by atoms with Crippen molar-refractivity contribution in [2.75, 3.05) is 57.4 Å². The smallest absolute Gasteiger partial charge is 0.293 e. The summed E-state index contributed by atoms with van der Waals surface area (Å²) in [5.41, 5.74) is 0.360. The minimum atomic E-state index is -3.78. The second-order valence-electron chi connectivity index (χ2n) is 7.67. The first-order chi connectivity index (χ1) is 14.0. The summed E-state index contributed by atoms with van der Waals surface area (Å²) in [4.78, 5) is 14.5. The molecule has 0 unspecified atom stereocenters. The molecule has 0 atom stereocenters. The molecule has 2 fully saturated rings. The first-order valence-corrected chi connectivity index (χ1v) is 11.9. The van der Waals surface area contributed by atoms with E-state index in [4.69, 9.17) is 4.74 Å². The third-order valence-corrected chi connectivity index (χ3v) is 7.06. The monoisotopic (exact) mass is 427 g/mol. The van der Waals surface area contributed by atoms with Gasteiger partial charge in [-0.3, -0.25) is 10.1 Å². The lowest BCUT2D eigenvalue weighted by Crippen LogP contribution is -3.14. The van der Waals surface area contributed by atoms with E-state index in [-0.39, 0.29) is 10.6 Å². The van der Waals surface area contributed by atoms with Gasteiger partial charge < -0.3 is 14.5 Å². The van der Waals surface area contributed by atoms with E-state index in [1.54, 1.807) is 6.07 Å². The standard InChI is InChI=1S/C19H30N4O5S/c24-23(25)19-16-17(6-7-18(19)22-10-3-1-2-4-11-22)29(26,27)20-8-5-9-21-12-14-28-15-13-21/h6-7,16,20H,1-5,8-15H2/p+1. The van der Waals surface area contributed by atoms with Gasteiger partial charge in [-0.1, -0.05) is 12.8 Å². The summed E-state index contributed by atoms with van der Waals surface area (Å²) in [6, 6.07) is 4.24. The van der Waals surface area contributed by atoms with Gasteiger partial charge in [0.1, 0.15) is 18.8 Å². The van der Waals surface area contributed by atoms with E-state index in [1.165, 1.54) is 17.0 Å². The van der Waals surface area contributed by atoms with E-state index in [0.717, 1.165) is 71.6 Å². The molecule has 0 aromatic heterocycles. The lowest BCUT2D eigenvalue weighted by Gasteiger charge is -2.23. The first-order valence-electron chi connectivity index (χ1n) is 10.4. The predicted molar refractivity (Wildman–Crippen MR) is 110 cm³/mol. The number of nitrogens with zero attached hydrogens (tertiary/aromatic N) is 2. The van der Waals surface area contributed by atoms with Gasteiger partial charge in [0.05, 0.1) is 29.6 Å². The quantitative estimate of drug-likeness (QED) is 0.357. The fraction of sp³-hybridized carbons (Fsp3) is 0.684. The number of morpholine rings is 1. The Balaban J connectivity index is 1.65. The molecule has 0 radical (unpaired) electrons. The molecule has 2 aliphatic heterocycles. The Labute approximate surface area is 172 Å². The van der Waals surface area contributed by atoms with Crippen molar-refractivity contribution in [3.63, 3.8) is 0 Å². The van der Waals surface area contributed by atoms with Gasteiger partial charge in [0.15, 0.2) is 0 Å². The normalized spacial score (nSPS) is 19.1. The predicted octanol–water partition coefficient (Wildman–Crippen LogP) is 0.559. The topological polar surface area (TPSA) is 106 Å². The number of hydrogen-bond acceptors (Lipinski definition) is 6. The molecule has 162 valence electrons. The largest absolute Gasteiger partial charge is 0.370 e. The van der Waals surface area contributed by atoms with Gasteiger partial charge in [-0.25, -0.2) is 13.1 Å². The van der Waals surface area contributed by atoms with Crippen LogP contribution in [0.25, 0.3) is 0 Å². The molecule has 2 N–H and O–H groups in total. The molecule has 0 amide bonds. The van der Waals surface area contributed by atoms with E-state index in [9.17, 15) is 18.5 Å². The number of hydrogen-bond donors (Lipinski definition) is 2. The van der Waals surface area contributed by atoms with Gasteiger partial charge in [-0.05, 0) is 25.0 Å². The third-order valence-electron chi connectivity index (χ3n) is 5.60. The van der Waals surface area contributed by atoms with Crippen molar-refractivity contribution in [1.29, 1.82) is 0 Å². The zero-order valence-corrected chi connectivity index (χ0v) is 17.6. The molecule has 1 aromatic carbocycles. The molecular weight excluding hydrogens is 396 g/mol. The Morgan fingerprint density at radius 2 is 1.83 bits per heavy atom. The highest BCUT2D eigenvalue weighted by Gasteiger charge is 2.25. The van der Waals surface area contributed by atoms with E-state index < -0.39 is 14.9 Å². The molecule has 2 aliphatic rings. The van der Waals surface area contributed by atoms with Crippen LogP contribution in [0.2, 0.25) is 0 Å². The van der Waals surface area contributed by atoms with Gasteiger partial charge in [0, 0.05) is 32.1 Å². The van der Waals surface area contributed by atoms with Crippen LogP contribution in [-0.2, 0) is 14.8 Å². The van der Waals surface area contributed by atoms with Crippen LogP contribution in [0, 0.1) is 10.1 Å². The molecule has 1 aromatic rings. The van der Waals surface area contributed by atoms with Gasteiger partial charge in [-0.15, -0.1) is 0 Å². The summed E-state index contributed by atoms with van der Waals surface area (Å²) in [7, 11) is -3.78. The second kappa shape index (κ2) is 10.3. The van der Waals surface area contributed by atoms with Crippen LogP contribution in [0.15, 0.2) is 23.1 Å². The molecule has 2 heterocycles. The van der Waals surface area contributed by atoms with Crippen molar-refractivity contribution < 1.29 is 23.0 Å². The number of nitro benzene ring substituents is 1. The van der Waals surface area contributed by atoms with E-state index >= 15 is 0 Å². The molecule has 9 nitrogen and oxygen atoms in total. The zero-order valence-electron chi connectivity index (χ0n) is 16.8. The Hall–Kier alpha value is -1.75. The molecule has 0 aliphatic carbocycles. The van der Waals surface area contributed by atoms with Crippen LogP contribution >= 0.6 is 0 Å². The summed E-state index contributed by atoms with van der Waals surface area (Å²) >= 11 is 0. The van der Waals surface area contributed by atoms with Crippen molar-refractivity contribution >= 4 is 21.4 Å².